The van der Waals surface area contributed by atoms with Crippen LogP contribution in [0.2, 0.25) is 0 Å². The summed E-state index contributed by atoms with van der Waals surface area (Å²) in [5.41, 5.74) is 4.24. The van der Waals surface area contributed by atoms with Crippen LogP contribution in [0.1, 0.15) is 22.3 Å². The highest BCUT2D eigenvalue weighted by atomic mass is 16.5. The number of carboxylic acid groups (broad SMARTS) is 1. The predicted molar refractivity (Wildman–Crippen MR) is 80.4 cm³/mol. The summed E-state index contributed by atoms with van der Waals surface area (Å²) in [6.07, 6.45) is 0.217. The van der Waals surface area contributed by atoms with Gasteiger partial charge in [-0.15, -0.1) is 0 Å². The van der Waals surface area contributed by atoms with E-state index in [2.05, 4.69) is 0 Å². The number of methoxy groups -OCH3 is 1. The van der Waals surface area contributed by atoms with Gasteiger partial charge in [-0.1, -0.05) is 17.7 Å². The average Bonchev–Trinajstić information content (AvgIpc) is 2.38. The van der Waals surface area contributed by atoms with Crippen LogP contribution in [0.4, 0.5) is 0 Å². The molecule has 1 amide bonds. The fourth-order valence-corrected chi connectivity index (χ4v) is 2.41. The zero-order valence-electron chi connectivity index (χ0n) is 13.1. The van der Waals surface area contributed by atoms with Crippen molar-refractivity contribution in [1.82, 2.24) is 4.90 Å². The Hall–Kier alpha value is -1.88. The number of hydrogen-bond acceptors (Lipinski definition) is 3. The lowest BCUT2D eigenvalue weighted by Gasteiger charge is -2.21. The van der Waals surface area contributed by atoms with Gasteiger partial charge in [0.2, 0.25) is 5.91 Å². The van der Waals surface area contributed by atoms with Gasteiger partial charge in [0, 0.05) is 13.7 Å². The normalized spacial score (nSPS) is 10.5. The van der Waals surface area contributed by atoms with Crippen molar-refractivity contribution in [1.29, 1.82) is 0 Å². The van der Waals surface area contributed by atoms with Crippen LogP contribution < -0.4 is 0 Å². The molecule has 0 heterocycles. The maximum absolute atomic E-state index is 12.4. The first kappa shape index (κ1) is 17.2. The number of rotatable bonds is 7. The van der Waals surface area contributed by atoms with Gasteiger partial charge in [-0.3, -0.25) is 9.59 Å². The molecule has 0 unspecified atom stereocenters. The molecule has 1 rings (SSSR count). The smallest absolute Gasteiger partial charge is 0.323 e. The molecule has 0 atom stereocenters. The molecule has 0 aliphatic heterocycles. The SMILES string of the molecule is COCCN(CC(=O)O)C(=O)Cc1c(C)cc(C)cc1C. The molecule has 1 aromatic rings. The third-order valence-corrected chi connectivity index (χ3v) is 3.41. The molecule has 0 saturated carbocycles. The number of hydrogen-bond donors (Lipinski definition) is 1. The van der Waals surface area contributed by atoms with E-state index in [-0.39, 0.29) is 25.4 Å². The second-order valence-corrected chi connectivity index (χ2v) is 5.26. The Bertz CT molecular complexity index is 502. The van der Waals surface area contributed by atoms with Gasteiger partial charge >= 0.3 is 5.97 Å². The zero-order chi connectivity index (χ0) is 16.0. The van der Waals surface area contributed by atoms with Crippen molar-refractivity contribution in [2.75, 3.05) is 26.8 Å². The van der Waals surface area contributed by atoms with Gasteiger partial charge in [0.15, 0.2) is 0 Å². The molecular formula is C16H23NO4. The lowest BCUT2D eigenvalue weighted by molar-refractivity contribution is -0.144. The first-order chi connectivity index (χ1) is 9.85. The van der Waals surface area contributed by atoms with E-state index in [1.54, 1.807) is 0 Å². The van der Waals surface area contributed by atoms with Crippen LogP contribution in [0.25, 0.3) is 0 Å². The van der Waals surface area contributed by atoms with Gasteiger partial charge in [0.05, 0.1) is 13.0 Å². The lowest BCUT2D eigenvalue weighted by Crippen LogP contribution is -2.39. The van der Waals surface area contributed by atoms with E-state index in [4.69, 9.17) is 9.84 Å². The van der Waals surface area contributed by atoms with Crippen molar-refractivity contribution in [3.8, 4) is 0 Å². The Morgan fingerprint density at radius 1 is 1.19 bits per heavy atom. The molecule has 0 bridgehead atoms. The first-order valence-electron chi connectivity index (χ1n) is 6.90. The fourth-order valence-electron chi connectivity index (χ4n) is 2.41. The van der Waals surface area contributed by atoms with Gasteiger partial charge in [0.1, 0.15) is 6.54 Å². The van der Waals surface area contributed by atoms with Gasteiger partial charge in [-0.2, -0.15) is 0 Å². The molecule has 0 saturated heterocycles. The summed E-state index contributed by atoms with van der Waals surface area (Å²) < 4.78 is 4.93. The van der Waals surface area contributed by atoms with Crippen molar-refractivity contribution in [2.24, 2.45) is 0 Å². The predicted octanol–water partition coefficient (Wildman–Crippen LogP) is 1.71. The molecule has 0 spiro atoms. The quantitative estimate of drug-likeness (QED) is 0.831. The van der Waals surface area contributed by atoms with Crippen molar-refractivity contribution in [3.63, 3.8) is 0 Å². The molecule has 1 aromatic carbocycles. The minimum absolute atomic E-state index is 0.190. The standard InChI is InChI=1S/C16H23NO4/c1-11-7-12(2)14(13(3)8-11)9-15(18)17(5-6-21-4)10-16(19)20/h7-8H,5-6,9-10H2,1-4H3,(H,19,20). The number of carbonyl (C=O) groups is 2. The van der Waals surface area contributed by atoms with Gasteiger partial charge in [0.25, 0.3) is 0 Å². The largest absolute Gasteiger partial charge is 0.480 e. The molecule has 5 heteroatoms. The Labute approximate surface area is 125 Å². The minimum Gasteiger partial charge on any atom is -0.480 e. The average molecular weight is 293 g/mol. The number of carbonyl (C=O) groups excluding carboxylic acids is 1. The van der Waals surface area contributed by atoms with Crippen LogP contribution in [0, 0.1) is 20.8 Å². The second-order valence-electron chi connectivity index (χ2n) is 5.26. The molecule has 5 nitrogen and oxygen atoms in total. The molecule has 0 aliphatic carbocycles. The number of ether oxygens (including phenoxy) is 1. The highest BCUT2D eigenvalue weighted by Gasteiger charge is 2.18. The molecule has 116 valence electrons. The summed E-state index contributed by atoms with van der Waals surface area (Å²) in [6.45, 7) is 6.27. The minimum atomic E-state index is -1.02. The molecule has 0 fully saturated rings. The van der Waals surface area contributed by atoms with Crippen molar-refractivity contribution < 1.29 is 19.4 Å². The van der Waals surface area contributed by atoms with Crippen molar-refractivity contribution in [2.45, 2.75) is 27.2 Å². The highest BCUT2D eigenvalue weighted by Crippen LogP contribution is 2.17. The molecule has 1 N–H and O–H groups in total. The summed E-state index contributed by atoms with van der Waals surface area (Å²) in [5.74, 6) is -1.21. The second kappa shape index (κ2) is 7.78. The lowest BCUT2D eigenvalue weighted by atomic mass is 9.97. The Morgan fingerprint density at radius 3 is 2.24 bits per heavy atom. The number of nitrogens with zero attached hydrogens (tertiary/aromatic N) is 1. The van der Waals surface area contributed by atoms with Gasteiger partial charge in [-0.25, -0.2) is 0 Å². The number of amides is 1. The Balaban J connectivity index is 2.88. The van der Waals surface area contributed by atoms with Gasteiger partial charge in [-0.05, 0) is 37.5 Å². The van der Waals surface area contributed by atoms with Crippen LogP contribution >= 0.6 is 0 Å². The van der Waals surface area contributed by atoms with E-state index in [1.807, 2.05) is 32.9 Å². The van der Waals surface area contributed by atoms with Crippen molar-refractivity contribution in [3.05, 3.63) is 34.4 Å². The topological polar surface area (TPSA) is 66.8 Å². The number of benzene rings is 1. The summed E-state index contributed by atoms with van der Waals surface area (Å²) in [6, 6.07) is 4.07. The van der Waals surface area contributed by atoms with Gasteiger partial charge < -0.3 is 14.7 Å². The van der Waals surface area contributed by atoms with E-state index < -0.39 is 5.97 Å². The molecule has 0 aromatic heterocycles. The summed E-state index contributed by atoms with van der Waals surface area (Å²) in [7, 11) is 1.53. The summed E-state index contributed by atoms with van der Waals surface area (Å²) in [5, 5.41) is 8.91. The molecule has 21 heavy (non-hydrogen) atoms. The number of aryl methyl sites for hydroxylation is 3. The van der Waals surface area contributed by atoms with E-state index in [0.29, 0.717) is 6.61 Å². The summed E-state index contributed by atoms with van der Waals surface area (Å²) >= 11 is 0. The molecule has 0 radical (unpaired) electrons. The first-order valence-corrected chi connectivity index (χ1v) is 6.90. The fraction of sp³-hybridized carbons (Fsp3) is 0.500. The van der Waals surface area contributed by atoms with Crippen LogP contribution in [0.3, 0.4) is 0 Å². The monoisotopic (exact) mass is 293 g/mol. The van der Waals surface area contributed by atoms with Crippen LogP contribution in [0.15, 0.2) is 12.1 Å². The maximum Gasteiger partial charge on any atom is 0.323 e. The van der Waals surface area contributed by atoms with E-state index in [0.717, 1.165) is 22.3 Å². The Morgan fingerprint density at radius 2 is 1.76 bits per heavy atom. The van der Waals surface area contributed by atoms with E-state index in [9.17, 15) is 9.59 Å². The van der Waals surface area contributed by atoms with E-state index >= 15 is 0 Å². The molecule has 0 aliphatic rings. The van der Waals surface area contributed by atoms with Crippen LogP contribution in [0.5, 0.6) is 0 Å². The third-order valence-electron chi connectivity index (χ3n) is 3.41. The maximum atomic E-state index is 12.4. The highest BCUT2D eigenvalue weighted by molar-refractivity contribution is 5.83. The number of carboxylic acids is 1. The van der Waals surface area contributed by atoms with Crippen LogP contribution in [-0.2, 0) is 20.7 Å². The molecular weight excluding hydrogens is 270 g/mol. The zero-order valence-corrected chi connectivity index (χ0v) is 13.1. The van der Waals surface area contributed by atoms with E-state index in [1.165, 1.54) is 12.0 Å². The summed E-state index contributed by atoms with van der Waals surface area (Å²) in [4.78, 5) is 24.5. The van der Waals surface area contributed by atoms with Crippen molar-refractivity contribution >= 4 is 11.9 Å². The third kappa shape index (κ3) is 5.19. The van der Waals surface area contributed by atoms with Crippen LogP contribution in [-0.4, -0.2) is 48.7 Å². The Kier molecular flexibility index (Phi) is 6.37. The number of aliphatic carboxylic acids is 1.